The van der Waals surface area contributed by atoms with E-state index < -0.39 is 12.8 Å². The Kier molecular flexibility index (Phi) is 5.51. The van der Waals surface area contributed by atoms with E-state index in [2.05, 4.69) is 10.1 Å². The number of ether oxygens (including phenoxy) is 1. The van der Waals surface area contributed by atoms with Crippen LogP contribution in [0.3, 0.4) is 0 Å². The highest BCUT2D eigenvalue weighted by Gasteiger charge is 2.28. The highest BCUT2D eigenvalue weighted by atomic mass is 19.4. The summed E-state index contributed by atoms with van der Waals surface area (Å²) in [6.07, 6.45) is -2.06. The summed E-state index contributed by atoms with van der Waals surface area (Å²) < 4.78 is 40.2. The van der Waals surface area contributed by atoms with Crippen LogP contribution >= 0.6 is 0 Å². The van der Waals surface area contributed by atoms with Crippen LogP contribution in [0.1, 0.15) is 12.8 Å². The Morgan fingerprint density at radius 2 is 2.19 bits per heavy atom. The minimum absolute atomic E-state index is 0.0831. The molecule has 1 fully saturated rings. The van der Waals surface area contributed by atoms with Crippen molar-refractivity contribution in [3.05, 3.63) is 0 Å². The first-order valence-corrected chi connectivity index (χ1v) is 5.52. The van der Waals surface area contributed by atoms with Gasteiger partial charge in [0.05, 0.1) is 6.73 Å². The van der Waals surface area contributed by atoms with Gasteiger partial charge in [-0.05, 0) is 32.4 Å². The Labute approximate surface area is 93.9 Å². The Balaban J connectivity index is 2.16. The Morgan fingerprint density at radius 1 is 1.44 bits per heavy atom. The zero-order valence-electron chi connectivity index (χ0n) is 9.52. The average Bonchev–Trinajstić information content (AvgIpc) is 2.17. The van der Waals surface area contributed by atoms with Gasteiger partial charge in [-0.3, -0.25) is 4.90 Å². The topological polar surface area (TPSA) is 24.5 Å². The second kappa shape index (κ2) is 6.42. The SMILES string of the molecule is CNCC1CCCN(COCC(F)(F)F)C1. The van der Waals surface area contributed by atoms with Crippen molar-refractivity contribution in [3.8, 4) is 0 Å². The van der Waals surface area contributed by atoms with Crippen molar-refractivity contribution in [3.63, 3.8) is 0 Å². The molecule has 0 bridgehead atoms. The van der Waals surface area contributed by atoms with E-state index >= 15 is 0 Å². The molecule has 1 rings (SSSR count). The second-order valence-corrected chi connectivity index (χ2v) is 4.24. The van der Waals surface area contributed by atoms with Crippen LogP contribution in [0.15, 0.2) is 0 Å². The fourth-order valence-electron chi connectivity index (χ4n) is 2.01. The molecule has 1 saturated heterocycles. The van der Waals surface area contributed by atoms with E-state index in [1.54, 1.807) is 0 Å². The maximum Gasteiger partial charge on any atom is 0.411 e. The zero-order chi connectivity index (χ0) is 12.0. The Hall–Kier alpha value is -0.330. The molecule has 0 radical (unpaired) electrons. The van der Waals surface area contributed by atoms with Gasteiger partial charge in [-0.1, -0.05) is 0 Å². The molecule has 0 aromatic carbocycles. The van der Waals surface area contributed by atoms with Gasteiger partial charge in [-0.2, -0.15) is 13.2 Å². The lowest BCUT2D eigenvalue weighted by molar-refractivity contribution is -0.184. The van der Waals surface area contributed by atoms with E-state index in [1.165, 1.54) is 0 Å². The van der Waals surface area contributed by atoms with Gasteiger partial charge in [0.25, 0.3) is 0 Å². The molecule has 0 aromatic rings. The van der Waals surface area contributed by atoms with Gasteiger partial charge in [0.1, 0.15) is 6.61 Å². The quantitative estimate of drug-likeness (QED) is 0.787. The Morgan fingerprint density at radius 3 is 2.81 bits per heavy atom. The molecule has 1 heterocycles. The van der Waals surface area contributed by atoms with E-state index in [0.717, 1.165) is 32.5 Å². The summed E-state index contributed by atoms with van der Waals surface area (Å²) in [7, 11) is 1.89. The van der Waals surface area contributed by atoms with Crippen molar-refractivity contribution in [2.24, 2.45) is 5.92 Å². The van der Waals surface area contributed by atoms with E-state index in [4.69, 9.17) is 0 Å². The molecular formula is C10H19F3N2O. The highest BCUT2D eigenvalue weighted by Crippen LogP contribution is 2.17. The summed E-state index contributed by atoms with van der Waals surface area (Å²) in [6.45, 7) is 1.49. The normalized spacial score (nSPS) is 23.6. The third-order valence-electron chi connectivity index (χ3n) is 2.64. The third kappa shape index (κ3) is 5.67. The molecule has 1 aliphatic rings. The first-order chi connectivity index (χ1) is 7.51. The molecule has 96 valence electrons. The van der Waals surface area contributed by atoms with Crippen molar-refractivity contribution >= 4 is 0 Å². The lowest BCUT2D eigenvalue weighted by Crippen LogP contribution is -2.40. The summed E-state index contributed by atoms with van der Waals surface area (Å²) in [5, 5.41) is 3.09. The second-order valence-electron chi connectivity index (χ2n) is 4.24. The molecule has 0 aliphatic carbocycles. The highest BCUT2D eigenvalue weighted by molar-refractivity contribution is 4.72. The molecule has 0 amide bonds. The van der Waals surface area contributed by atoms with Gasteiger partial charge in [0.15, 0.2) is 0 Å². The van der Waals surface area contributed by atoms with E-state index in [-0.39, 0.29) is 6.73 Å². The molecule has 1 unspecified atom stereocenters. The number of likely N-dealkylation sites (tertiary alicyclic amines) is 1. The molecular weight excluding hydrogens is 221 g/mol. The number of hydrogen-bond acceptors (Lipinski definition) is 3. The molecule has 0 spiro atoms. The number of piperidine rings is 1. The average molecular weight is 240 g/mol. The van der Waals surface area contributed by atoms with Crippen LogP contribution in [0.25, 0.3) is 0 Å². The fraction of sp³-hybridized carbons (Fsp3) is 1.00. The number of nitrogens with zero attached hydrogens (tertiary/aromatic N) is 1. The maximum absolute atomic E-state index is 11.9. The van der Waals surface area contributed by atoms with Crippen molar-refractivity contribution in [1.29, 1.82) is 0 Å². The van der Waals surface area contributed by atoms with Crippen LogP contribution in [0.5, 0.6) is 0 Å². The van der Waals surface area contributed by atoms with E-state index in [9.17, 15) is 13.2 Å². The summed E-state index contributed by atoms with van der Waals surface area (Å²) in [4.78, 5) is 1.94. The van der Waals surface area contributed by atoms with Gasteiger partial charge >= 0.3 is 6.18 Å². The van der Waals surface area contributed by atoms with Gasteiger partial charge in [-0.25, -0.2) is 0 Å². The van der Waals surface area contributed by atoms with Crippen LogP contribution in [0.4, 0.5) is 13.2 Å². The maximum atomic E-state index is 11.9. The summed E-state index contributed by atoms with van der Waals surface area (Å²) in [5.41, 5.74) is 0. The summed E-state index contributed by atoms with van der Waals surface area (Å²) >= 11 is 0. The molecule has 6 heteroatoms. The van der Waals surface area contributed by atoms with Crippen molar-refractivity contribution in [2.75, 3.05) is 40.0 Å². The monoisotopic (exact) mass is 240 g/mol. The van der Waals surface area contributed by atoms with Gasteiger partial charge < -0.3 is 10.1 Å². The van der Waals surface area contributed by atoms with Crippen molar-refractivity contribution < 1.29 is 17.9 Å². The number of rotatable bonds is 5. The van der Waals surface area contributed by atoms with E-state index in [0.29, 0.717) is 5.92 Å². The first-order valence-electron chi connectivity index (χ1n) is 5.52. The van der Waals surface area contributed by atoms with Crippen molar-refractivity contribution in [1.82, 2.24) is 10.2 Å². The number of hydrogen-bond donors (Lipinski definition) is 1. The summed E-state index contributed by atoms with van der Waals surface area (Å²) in [6, 6.07) is 0. The van der Waals surface area contributed by atoms with Crippen LogP contribution in [-0.4, -0.2) is 51.1 Å². The molecule has 1 atom stereocenters. The minimum Gasteiger partial charge on any atom is -0.357 e. The molecule has 0 saturated carbocycles. The Bertz CT molecular complexity index is 197. The van der Waals surface area contributed by atoms with Crippen LogP contribution in [-0.2, 0) is 4.74 Å². The molecule has 1 N–H and O–H groups in total. The first kappa shape index (κ1) is 13.7. The fourth-order valence-corrected chi connectivity index (χ4v) is 2.01. The van der Waals surface area contributed by atoms with Crippen LogP contribution in [0.2, 0.25) is 0 Å². The zero-order valence-corrected chi connectivity index (χ0v) is 9.52. The van der Waals surface area contributed by atoms with Gasteiger partial charge in [-0.15, -0.1) is 0 Å². The predicted octanol–water partition coefficient (Wildman–Crippen LogP) is 1.45. The summed E-state index contributed by atoms with van der Waals surface area (Å²) in [5.74, 6) is 0.522. The van der Waals surface area contributed by atoms with Gasteiger partial charge in [0.2, 0.25) is 0 Å². The number of halogens is 3. The van der Waals surface area contributed by atoms with Crippen LogP contribution < -0.4 is 5.32 Å². The van der Waals surface area contributed by atoms with Crippen molar-refractivity contribution in [2.45, 2.75) is 19.0 Å². The molecule has 16 heavy (non-hydrogen) atoms. The van der Waals surface area contributed by atoms with Crippen LogP contribution in [0, 0.1) is 5.92 Å². The predicted molar refractivity (Wildman–Crippen MR) is 55.1 cm³/mol. The lowest BCUT2D eigenvalue weighted by Gasteiger charge is -2.32. The number of nitrogens with one attached hydrogen (secondary N) is 1. The van der Waals surface area contributed by atoms with E-state index in [1.807, 2.05) is 11.9 Å². The molecule has 3 nitrogen and oxygen atoms in total. The number of alkyl halides is 3. The third-order valence-corrected chi connectivity index (χ3v) is 2.64. The minimum atomic E-state index is -4.22. The van der Waals surface area contributed by atoms with Gasteiger partial charge in [0, 0.05) is 13.1 Å². The lowest BCUT2D eigenvalue weighted by atomic mass is 9.98. The largest absolute Gasteiger partial charge is 0.411 e. The molecule has 0 aromatic heterocycles. The standard InChI is InChI=1S/C10H19F3N2O/c1-14-5-9-3-2-4-15(6-9)8-16-7-10(11,12)13/h9,14H,2-8H2,1H3. The smallest absolute Gasteiger partial charge is 0.357 e. The molecule has 1 aliphatic heterocycles.